The number of likely N-dealkylation sites (tertiary alicyclic amines) is 2. The van der Waals surface area contributed by atoms with Gasteiger partial charge in [-0.1, -0.05) is 47.6 Å². The SMILES string of the molecule is O=C(Nc1ccccc1C(=O)N1CCCCC1)C1CCN(Cc2nc(-c3ccccc3)no2)CC1. The summed E-state index contributed by atoms with van der Waals surface area (Å²) in [6, 6.07) is 17.1. The van der Waals surface area contributed by atoms with Crippen LogP contribution in [0.25, 0.3) is 11.4 Å². The second kappa shape index (κ2) is 10.8. The molecule has 0 spiro atoms. The van der Waals surface area contributed by atoms with Crippen LogP contribution >= 0.6 is 0 Å². The fourth-order valence-corrected chi connectivity index (χ4v) is 4.85. The highest BCUT2D eigenvalue weighted by Crippen LogP contribution is 2.24. The second-order valence-corrected chi connectivity index (χ2v) is 9.32. The third-order valence-electron chi connectivity index (χ3n) is 6.88. The van der Waals surface area contributed by atoms with E-state index in [0.717, 1.165) is 57.4 Å². The Labute approximate surface area is 205 Å². The van der Waals surface area contributed by atoms with E-state index in [4.69, 9.17) is 4.52 Å². The van der Waals surface area contributed by atoms with E-state index in [-0.39, 0.29) is 17.7 Å². The highest BCUT2D eigenvalue weighted by Gasteiger charge is 2.28. The summed E-state index contributed by atoms with van der Waals surface area (Å²) in [6.45, 7) is 3.69. The number of hydrogen-bond acceptors (Lipinski definition) is 6. The van der Waals surface area contributed by atoms with Crippen molar-refractivity contribution in [1.82, 2.24) is 19.9 Å². The first-order chi connectivity index (χ1) is 17.2. The van der Waals surface area contributed by atoms with Crippen LogP contribution in [0.2, 0.25) is 0 Å². The molecule has 8 heteroatoms. The number of anilines is 1. The lowest BCUT2D eigenvalue weighted by Crippen LogP contribution is -2.38. The van der Waals surface area contributed by atoms with Crippen LogP contribution in [0, 0.1) is 5.92 Å². The molecule has 0 aliphatic carbocycles. The number of rotatable bonds is 6. The van der Waals surface area contributed by atoms with Crippen LogP contribution in [0.15, 0.2) is 59.1 Å². The third kappa shape index (κ3) is 5.59. The number of benzene rings is 2. The van der Waals surface area contributed by atoms with Gasteiger partial charge in [0.25, 0.3) is 5.91 Å². The topological polar surface area (TPSA) is 91.6 Å². The summed E-state index contributed by atoms with van der Waals surface area (Å²) in [5.41, 5.74) is 2.11. The predicted molar refractivity (Wildman–Crippen MR) is 133 cm³/mol. The van der Waals surface area contributed by atoms with Gasteiger partial charge in [0.15, 0.2) is 0 Å². The van der Waals surface area contributed by atoms with Crippen LogP contribution in [0.3, 0.4) is 0 Å². The Morgan fingerprint density at radius 1 is 0.914 bits per heavy atom. The summed E-state index contributed by atoms with van der Waals surface area (Å²) in [5, 5.41) is 7.13. The lowest BCUT2D eigenvalue weighted by atomic mass is 9.95. The van der Waals surface area contributed by atoms with Gasteiger partial charge in [0.1, 0.15) is 0 Å². The maximum Gasteiger partial charge on any atom is 0.255 e. The van der Waals surface area contributed by atoms with Gasteiger partial charge in [-0.25, -0.2) is 0 Å². The van der Waals surface area contributed by atoms with E-state index in [0.29, 0.717) is 29.5 Å². The van der Waals surface area contributed by atoms with Crippen molar-refractivity contribution in [3.63, 3.8) is 0 Å². The van der Waals surface area contributed by atoms with E-state index in [9.17, 15) is 9.59 Å². The number of nitrogens with zero attached hydrogens (tertiary/aromatic N) is 4. The van der Waals surface area contributed by atoms with E-state index in [1.165, 1.54) is 6.42 Å². The molecular formula is C27H31N5O3. The average Bonchev–Trinajstić information content (AvgIpc) is 3.38. The van der Waals surface area contributed by atoms with Crippen LogP contribution in [-0.4, -0.2) is 57.9 Å². The molecule has 2 amide bonds. The minimum Gasteiger partial charge on any atom is -0.339 e. The van der Waals surface area contributed by atoms with Crippen molar-refractivity contribution in [3.05, 3.63) is 66.1 Å². The first-order valence-corrected chi connectivity index (χ1v) is 12.5. The minimum absolute atomic E-state index is 0.00449. The molecule has 0 saturated carbocycles. The molecule has 0 bridgehead atoms. The van der Waals surface area contributed by atoms with Crippen LogP contribution in [0.1, 0.15) is 48.4 Å². The molecule has 3 aromatic rings. The molecule has 2 aliphatic heterocycles. The molecule has 35 heavy (non-hydrogen) atoms. The van der Waals surface area contributed by atoms with Gasteiger partial charge in [-0.3, -0.25) is 14.5 Å². The summed E-state index contributed by atoms with van der Waals surface area (Å²) in [5.74, 6) is 1.06. The molecule has 2 fully saturated rings. The highest BCUT2D eigenvalue weighted by molar-refractivity contribution is 6.04. The normalized spacial score (nSPS) is 17.3. The first-order valence-electron chi connectivity index (χ1n) is 12.5. The maximum atomic E-state index is 13.0. The fraction of sp³-hybridized carbons (Fsp3) is 0.407. The van der Waals surface area contributed by atoms with Crippen molar-refractivity contribution >= 4 is 17.5 Å². The van der Waals surface area contributed by atoms with Gasteiger partial charge in [-0.2, -0.15) is 4.98 Å². The van der Waals surface area contributed by atoms with Crippen molar-refractivity contribution in [3.8, 4) is 11.4 Å². The van der Waals surface area contributed by atoms with Gasteiger partial charge in [0, 0.05) is 24.6 Å². The molecule has 3 heterocycles. The van der Waals surface area contributed by atoms with Crippen molar-refractivity contribution in [2.75, 3.05) is 31.5 Å². The number of para-hydroxylation sites is 1. The molecule has 0 radical (unpaired) electrons. The molecule has 5 rings (SSSR count). The molecule has 2 saturated heterocycles. The van der Waals surface area contributed by atoms with Gasteiger partial charge in [-0.15, -0.1) is 0 Å². The highest BCUT2D eigenvalue weighted by atomic mass is 16.5. The lowest BCUT2D eigenvalue weighted by molar-refractivity contribution is -0.121. The predicted octanol–water partition coefficient (Wildman–Crippen LogP) is 4.21. The maximum absolute atomic E-state index is 13.0. The van der Waals surface area contributed by atoms with Gasteiger partial charge < -0.3 is 14.7 Å². The Hall–Kier alpha value is -3.52. The van der Waals surface area contributed by atoms with Crippen LogP contribution in [-0.2, 0) is 11.3 Å². The van der Waals surface area contributed by atoms with Crippen LogP contribution in [0.4, 0.5) is 5.69 Å². The third-order valence-corrected chi connectivity index (χ3v) is 6.88. The van der Waals surface area contributed by atoms with Gasteiger partial charge in [-0.05, 0) is 57.3 Å². The Morgan fingerprint density at radius 3 is 2.40 bits per heavy atom. The summed E-state index contributed by atoms with van der Waals surface area (Å²) < 4.78 is 5.44. The van der Waals surface area contributed by atoms with Crippen molar-refractivity contribution in [2.24, 2.45) is 5.92 Å². The summed E-state index contributed by atoms with van der Waals surface area (Å²) in [4.78, 5) is 34.7. The zero-order valence-corrected chi connectivity index (χ0v) is 19.9. The first kappa shape index (κ1) is 23.2. The van der Waals surface area contributed by atoms with Crippen LogP contribution < -0.4 is 5.32 Å². The van der Waals surface area contributed by atoms with E-state index < -0.39 is 0 Å². The van der Waals surface area contributed by atoms with E-state index in [2.05, 4.69) is 20.4 Å². The molecule has 1 N–H and O–H groups in total. The number of carbonyl (C=O) groups is 2. The molecule has 2 aromatic carbocycles. The number of carbonyl (C=O) groups excluding carboxylic acids is 2. The molecule has 0 atom stereocenters. The number of nitrogens with one attached hydrogen (secondary N) is 1. The number of amides is 2. The van der Waals surface area contributed by atoms with Crippen LogP contribution in [0.5, 0.6) is 0 Å². The monoisotopic (exact) mass is 473 g/mol. The fourth-order valence-electron chi connectivity index (χ4n) is 4.85. The van der Waals surface area contributed by atoms with Gasteiger partial charge in [0.2, 0.25) is 17.6 Å². The van der Waals surface area contributed by atoms with Crippen molar-refractivity contribution in [1.29, 1.82) is 0 Å². The standard InChI is InChI=1S/C27H31N5O3/c33-26(28-23-12-6-5-11-22(23)27(34)32-15-7-2-8-16-32)21-13-17-31(18-14-21)19-24-29-25(30-35-24)20-9-3-1-4-10-20/h1,3-6,9-12,21H,2,7-8,13-19H2,(H,28,33). The second-order valence-electron chi connectivity index (χ2n) is 9.32. The molecule has 0 unspecified atom stereocenters. The summed E-state index contributed by atoms with van der Waals surface area (Å²) in [6.07, 6.45) is 4.73. The number of aromatic nitrogens is 2. The molecule has 8 nitrogen and oxygen atoms in total. The Kier molecular flexibility index (Phi) is 7.18. The zero-order valence-electron chi connectivity index (χ0n) is 19.9. The molecule has 1 aromatic heterocycles. The lowest BCUT2D eigenvalue weighted by Gasteiger charge is -2.30. The average molecular weight is 474 g/mol. The van der Waals surface area contributed by atoms with E-state index >= 15 is 0 Å². The molecular weight excluding hydrogens is 442 g/mol. The van der Waals surface area contributed by atoms with Crippen molar-refractivity contribution in [2.45, 2.75) is 38.6 Å². The Morgan fingerprint density at radius 2 is 1.63 bits per heavy atom. The van der Waals surface area contributed by atoms with Gasteiger partial charge in [0.05, 0.1) is 17.8 Å². The van der Waals surface area contributed by atoms with E-state index in [1.54, 1.807) is 0 Å². The van der Waals surface area contributed by atoms with Crippen molar-refractivity contribution < 1.29 is 14.1 Å². The van der Waals surface area contributed by atoms with Gasteiger partial charge >= 0.3 is 0 Å². The number of hydrogen-bond donors (Lipinski definition) is 1. The molecule has 2 aliphatic rings. The molecule has 182 valence electrons. The zero-order chi connectivity index (χ0) is 24.0. The Bertz CT molecular complexity index is 1150. The quantitative estimate of drug-likeness (QED) is 0.577. The Balaban J connectivity index is 1.15. The smallest absolute Gasteiger partial charge is 0.255 e. The van der Waals surface area contributed by atoms with E-state index in [1.807, 2.05) is 59.5 Å². The summed E-state index contributed by atoms with van der Waals surface area (Å²) >= 11 is 0. The minimum atomic E-state index is -0.0908. The largest absolute Gasteiger partial charge is 0.339 e. The number of piperidine rings is 2. The summed E-state index contributed by atoms with van der Waals surface area (Å²) in [7, 11) is 0.